The van der Waals surface area contributed by atoms with E-state index in [0.29, 0.717) is 43.5 Å². The van der Waals surface area contributed by atoms with Gasteiger partial charge in [-0.05, 0) is 30.5 Å². The van der Waals surface area contributed by atoms with E-state index < -0.39 is 29.6 Å². The van der Waals surface area contributed by atoms with Crippen molar-refractivity contribution in [1.82, 2.24) is 14.9 Å². The van der Waals surface area contributed by atoms with Gasteiger partial charge in [-0.15, -0.1) is 5.06 Å². The second kappa shape index (κ2) is 8.97. The zero-order valence-electron chi connectivity index (χ0n) is 17.6. The molecule has 3 saturated heterocycles. The molecule has 0 aromatic heterocycles. The Morgan fingerprint density at radius 2 is 1.56 bits per heavy atom. The highest BCUT2D eigenvalue weighted by atomic mass is 19.4. The fourth-order valence-corrected chi connectivity index (χ4v) is 4.25. The Morgan fingerprint density at radius 1 is 0.938 bits per heavy atom. The van der Waals surface area contributed by atoms with E-state index in [1.165, 1.54) is 11.0 Å². The highest BCUT2D eigenvalue weighted by Gasteiger charge is 2.35. The van der Waals surface area contributed by atoms with Gasteiger partial charge in [0, 0.05) is 64.3 Å². The number of carbonyl (C=O) groups excluding carboxylic acids is 3. The molecule has 0 unspecified atom stereocenters. The molecule has 3 aliphatic rings. The summed E-state index contributed by atoms with van der Waals surface area (Å²) in [6, 6.07) is 3.90. The van der Waals surface area contributed by atoms with Gasteiger partial charge in [0.25, 0.3) is 11.8 Å². The fourth-order valence-electron chi connectivity index (χ4n) is 4.25. The predicted octanol–water partition coefficient (Wildman–Crippen LogP) is 2.62. The highest BCUT2D eigenvalue weighted by molar-refractivity contribution is 6.01. The Hall–Kier alpha value is -2.82. The maximum atomic E-state index is 13.2. The second-order valence-corrected chi connectivity index (χ2v) is 8.24. The molecule has 0 spiro atoms. The van der Waals surface area contributed by atoms with Crippen molar-refractivity contribution in [3.63, 3.8) is 0 Å². The average Bonchev–Trinajstić information content (AvgIpc) is 3.40. The van der Waals surface area contributed by atoms with Crippen molar-refractivity contribution in [2.45, 2.75) is 38.4 Å². The zero-order valence-corrected chi connectivity index (χ0v) is 17.6. The van der Waals surface area contributed by atoms with Crippen LogP contribution < -0.4 is 4.90 Å². The van der Waals surface area contributed by atoms with Gasteiger partial charge in [-0.3, -0.25) is 14.5 Å². The van der Waals surface area contributed by atoms with Crippen molar-refractivity contribution in [1.29, 1.82) is 0 Å². The van der Waals surface area contributed by atoms with Crippen LogP contribution in [-0.2, 0) is 27.1 Å². The van der Waals surface area contributed by atoms with Gasteiger partial charge < -0.3 is 14.6 Å². The first-order valence-electron chi connectivity index (χ1n) is 10.7. The third kappa shape index (κ3) is 4.82. The van der Waals surface area contributed by atoms with Crippen LogP contribution >= 0.6 is 0 Å². The molecule has 32 heavy (non-hydrogen) atoms. The Balaban J connectivity index is 1.38. The van der Waals surface area contributed by atoms with Gasteiger partial charge in [0.05, 0.1) is 5.56 Å². The number of alkyl halides is 3. The maximum absolute atomic E-state index is 13.2. The number of halogens is 3. The van der Waals surface area contributed by atoms with Gasteiger partial charge in [-0.2, -0.15) is 13.2 Å². The average molecular weight is 454 g/mol. The van der Waals surface area contributed by atoms with Crippen LogP contribution in [0.3, 0.4) is 0 Å². The molecule has 0 aliphatic carbocycles. The van der Waals surface area contributed by atoms with Crippen molar-refractivity contribution < 1.29 is 32.4 Å². The highest BCUT2D eigenvalue weighted by Crippen LogP contribution is 2.35. The number of piperazine rings is 1. The van der Waals surface area contributed by atoms with E-state index in [1.807, 2.05) is 4.90 Å². The number of benzene rings is 1. The second-order valence-electron chi connectivity index (χ2n) is 8.24. The van der Waals surface area contributed by atoms with E-state index in [0.717, 1.165) is 37.6 Å². The minimum Gasteiger partial charge on any atom is -0.371 e. The molecule has 3 aliphatic heterocycles. The molecule has 0 bridgehead atoms. The lowest BCUT2D eigenvalue weighted by Crippen LogP contribution is -2.50. The molecule has 0 saturated carbocycles. The lowest BCUT2D eigenvalue weighted by atomic mass is 10.1. The van der Waals surface area contributed by atoms with Crippen molar-refractivity contribution in [3.8, 4) is 0 Å². The molecule has 3 amide bonds. The summed E-state index contributed by atoms with van der Waals surface area (Å²) < 4.78 is 39.7. The number of rotatable bonds is 4. The van der Waals surface area contributed by atoms with Crippen LogP contribution in [0.15, 0.2) is 18.2 Å². The molecule has 3 heterocycles. The van der Waals surface area contributed by atoms with Gasteiger partial charge in [0.2, 0.25) is 0 Å². The molecule has 174 valence electrons. The number of nitrogens with zero attached hydrogens (tertiary/aromatic N) is 4. The van der Waals surface area contributed by atoms with Crippen molar-refractivity contribution in [2.24, 2.45) is 0 Å². The molecule has 0 radical (unpaired) electrons. The standard InChI is InChI=1S/C21H25F3N4O4/c22-21(23,24)16-4-3-15(17(13-16)26-7-1-2-8-26)14-25-9-11-27(12-10-25)20(31)32-28-18(29)5-6-19(28)30/h3-4,13H,1-2,5-12,14H2. The van der Waals surface area contributed by atoms with Crippen molar-refractivity contribution >= 4 is 23.6 Å². The molecule has 0 N–H and O–H groups in total. The molecule has 1 aromatic carbocycles. The van der Waals surface area contributed by atoms with Crippen LogP contribution in [0.4, 0.5) is 23.7 Å². The van der Waals surface area contributed by atoms with Gasteiger partial charge >= 0.3 is 12.3 Å². The third-order valence-corrected chi connectivity index (χ3v) is 6.06. The molecule has 0 atom stereocenters. The van der Waals surface area contributed by atoms with E-state index in [-0.39, 0.29) is 12.8 Å². The van der Waals surface area contributed by atoms with Gasteiger partial charge in [-0.25, -0.2) is 4.79 Å². The number of imide groups is 1. The molecule has 8 nitrogen and oxygen atoms in total. The number of hydroxylamine groups is 2. The third-order valence-electron chi connectivity index (χ3n) is 6.06. The van der Waals surface area contributed by atoms with Crippen LogP contribution in [0, 0.1) is 0 Å². The quantitative estimate of drug-likeness (QED) is 0.652. The van der Waals surface area contributed by atoms with Crippen LogP contribution in [0.2, 0.25) is 0 Å². The van der Waals surface area contributed by atoms with E-state index in [2.05, 4.69) is 4.90 Å². The van der Waals surface area contributed by atoms with E-state index in [4.69, 9.17) is 4.84 Å². The summed E-state index contributed by atoms with van der Waals surface area (Å²) in [6.45, 7) is 3.60. The molecule has 4 rings (SSSR count). The summed E-state index contributed by atoms with van der Waals surface area (Å²) in [4.78, 5) is 46.0. The Morgan fingerprint density at radius 3 is 2.16 bits per heavy atom. The first-order valence-corrected chi connectivity index (χ1v) is 10.7. The van der Waals surface area contributed by atoms with Crippen LogP contribution in [0.5, 0.6) is 0 Å². The lowest BCUT2D eigenvalue weighted by Gasteiger charge is -2.35. The van der Waals surface area contributed by atoms with E-state index >= 15 is 0 Å². The summed E-state index contributed by atoms with van der Waals surface area (Å²) in [5, 5.41) is 0.527. The topological polar surface area (TPSA) is 73.4 Å². The van der Waals surface area contributed by atoms with Crippen LogP contribution in [0.25, 0.3) is 0 Å². The summed E-state index contributed by atoms with van der Waals surface area (Å²) in [5.74, 6) is -1.06. The first kappa shape index (κ1) is 22.4. The summed E-state index contributed by atoms with van der Waals surface area (Å²) in [7, 11) is 0. The van der Waals surface area contributed by atoms with Crippen molar-refractivity contribution in [2.75, 3.05) is 44.2 Å². The minimum absolute atomic E-state index is 0.0341. The fraction of sp³-hybridized carbons (Fsp3) is 0.571. The molecular weight excluding hydrogens is 429 g/mol. The Kier molecular flexibility index (Phi) is 6.27. The molecule has 11 heteroatoms. The van der Waals surface area contributed by atoms with Crippen molar-refractivity contribution in [3.05, 3.63) is 29.3 Å². The largest absolute Gasteiger partial charge is 0.434 e. The monoisotopic (exact) mass is 454 g/mol. The maximum Gasteiger partial charge on any atom is 0.434 e. The minimum atomic E-state index is -4.39. The number of hydrogen-bond donors (Lipinski definition) is 0. The van der Waals surface area contributed by atoms with Gasteiger partial charge in [-0.1, -0.05) is 6.07 Å². The van der Waals surface area contributed by atoms with E-state index in [9.17, 15) is 27.6 Å². The molecular formula is C21H25F3N4O4. The number of amides is 3. The molecule has 3 fully saturated rings. The SMILES string of the molecule is O=C(ON1C(=O)CCC1=O)N1CCN(Cc2ccc(C(F)(F)F)cc2N2CCCC2)CC1. The smallest absolute Gasteiger partial charge is 0.371 e. The summed E-state index contributed by atoms with van der Waals surface area (Å²) in [6.07, 6.45) is -3.16. The van der Waals surface area contributed by atoms with Crippen LogP contribution in [0.1, 0.15) is 36.8 Å². The summed E-state index contributed by atoms with van der Waals surface area (Å²) >= 11 is 0. The lowest BCUT2D eigenvalue weighted by molar-refractivity contribution is -0.174. The van der Waals surface area contributed by atoms with Gasteiger partial charge in [0.15, 0.2) is 0 Å². The summed E-state index contributed by atoms with van der Waals surface area (Å²) in [5.41, 5.74) is 0.788. The predicted molar refractivity (Wildman–Crippen MR) is 107 cm³/mol. The number of hydrogen-bond acceptors (Lipinski definition) is 6. The van der Waals surface area contributed by atoms with E-state index in [1.54, 1.807) is 6.07 Å². The zero-order chi connectivity index (χ0) is 22.9. The van der Waals surface area contributed by atoms with Gasteiger partial charge in [0.1, 0.15) is 0 Å². The van der Waals surface area contributed by atoms with Crippen LogP contribution in [-0.4, -0.2) is 72.0 Å². The molecule has 1 aromatic rings. The Bertz CT molecular complexity index is 878. The Labute approximate surface area is 183 Å². The normalized spacial score (nSPS) is 20.4. The first-order chi connectivity index (χ1) is 15.2. The number of carbonyl (C=O) groups is 3. The number of anilines is 1.